The van der Waals surface area contributed by atoms with Gasteiger partial charge in [0.1, 0.15) is 11.6 Å². The van der Waals surface area contributed by atoms with Gasteiger partial charge in [-0.3, -0.25) is 4.79 Å². The summed E-state index contributed by atoms with van der Waals surface area (Å²) in [7, 11) is 3.52. The lowest BCUT2D eigenvalue weighted by molar-refractivity contribution is 0.0827. The summed E-state index contributed by atoms with van der Waals surface area (Å²) in [6.07, 6.45) is 3.64. The molecule has 0 aliphatic rings. The molecule has 0 bridgehead atoms. The maximum atomic E-state index is 12.3. The maximum Gasteiger partial charge on any atom is 0.253 e. The number of benzene rings is 2. The van der Waals surface area contributed by atoms with Crippen molar-refractivity contribution in [1.82, 2.24) is 19.4 Å². The van der Waals surface area contributed by atoms with Crippen LogP contribution in [0.1, 0.15) is 15.9 Å². The topological polar surface area (TPSA) is 63.1 Å². The van der Waals surface area contributed by atoms with Crippen LogP contribution in [0.2, 0.25) is 0 Å². The van der Waals surface area contributed by atoms with E-state index in [9.17, 15) is 4.79 Å². The minimum absolute atomic E-state index is 0.00850. The van der Waals surface area contributed by atoms with Crippen molar-refractivity contribution in [2.75, 3.05) is 19.4 Å². The minimum atomic E-state index is -0.00850. The van der Waals surface area contributed by atoms with Crippen molar-refractivity contribution in [3.05, 3.63) is 108 Å². The summed E-state index contributed by atoms with van der Waals surface area (Å²) in [4.78, 5) is 22.9. The molecule has 6 nitrogen and oxygen atoms in total. The van der Waals surface area contributed by atoms with E-state index in [0.29, 0.717) is 12.1 Å². The van der Waals surface area contributed by atoms with Crippen LogP contribution >= 0.6 is 0 Å². The summed E-state index contributed by atoms with van der Waals surface area (Å²) >= 11 is 0. The molecule has 0 saturated carbocycles. The number of carbonyl (C=O) groups is 1. The molecular formula is C28H25N5O. The Balaban J connectivity index is 1.59. The fraction of sp³-hybridized carbons (Fsp3) is 0.107. The molecule has 0 fully saturated rings. The van der Waals surface area contributed by atoms with Gasteiger partial charge in [-0.15, -0.1) is 0 Å². The number of anilines is 2. The molecule has 168 valence electrons. The van der Waals surface area contributed by atoms with Gasteiger partial charge in [-0.05, 0) is 41.5 Å². The standard InChI is InChI=1S/C28H25N5O/c1-32(2)28(34)22-13-11-21(12-14-22)24-16-23-18-30-27(31-26-10-6-7-15-29-26)17-25(23)33(24)19-20-8-4-3-5-9-20/h3-18H,19H2,1-2H3,(H,29,30,31). The first-order valence-corrected chi connectivity index (χ1v) is 11.1. The molecule has 1 amide bonds. The molecule has 5 aromatic rings. The zero-order valence-electron chi connectivity index (χ0n) is 19.1. The van der Waals surface area contributed by atoms with E-state index in [1.165, 1.54) is 5.56 Å². The average molecular weight is 448 g/mol. The summed E-state index contributed by atoms with van der Waals surface area (Å²) in [6.45, 7) is 0.713. The van der Waals surface area contributed by atoms with Gasteiger partial charge in [-0.1, -0.05) is 48.5 Å². The van der Waals surface area contributed by atoms with E-state index in [1.807, 2.05) is 54.7 Å². The Morgan fingerprint density at radius 2 is 1.65 bits per heavy atom. The molecule has 3 aromatic heterocycles. The second kappa shape index (κ2) is 9.19. The predicted octanol–water partition coefficient (Wildman–Crippen LogP) is 5.59. The van der Waals surface area contributed by atoms with Gasteiger partial charge in [-0.25, -0.2) is 9.97 Å². The normalized spacial score (nSPS) is 10.9. The van der Waals surface area contributed by atoms with Gasteiger partial charge in [0.2, 0.25) is 0 Å². The molecule has 0 radical (unpaired) electrons. The van der Waals surface area contributed by atoms with Gasteiger partial charge in [0.15, 0.2) is 0 Å². The van der Waals surface area contributed by atoms with Gasteiger partial charge in [0.05, 0.1) is 5.52 Å². The molecule has 0 aliphatic carbocycles. The fourth-order valence-electron chi connectivity index (χ4n) is 4.01. The largest absolute Gasteiger partial charge is 0.345 e. The lowest BCUT2D eigenvalue weighted by atomic mass is 10.1. The molecule has 1 N–H and O–H groups in total. The lowest BCUT2D eigenvalue weighted by Gasteiger charge is -2.13. The van der Waals surface area contributed by atoms with Crippen LogP contribution in [0, 0.1) is 0 Å². The Bertz CT molecular complexity index is 1420. The molecule has 34 heavy (non-hydrogen) atoms. The van der Waals surface area contributed by atoms with Crippen molar-refractivity contribution in [1.29, 1.82) is 0 Å². The first-order chi connectivity index (χ1) is 16.6. The highest BCUT2D eigenvalue weighted by atomic mass is 16.2. The van der Waals surface area contributed by atoms with Crippen LogP contribution in [0.3, 0.4) is 0 Å². The van der Waals surface area contributed by atoms with Crippen LogP contribution in [-0.2, 0) is 6.54 Å². The fourth-order valence-corrected chi connectivity index (χ4v) is 4.01. The zero-order chi connectivity index (χ0) is 23.5. The van der Waals surface area contributed by atoms with Crippen molar-refractivity contribution in [3.63, 3.8) is 0 Å². The van der Waals surface area contributed by atoms with E-state index in [1.54, 1.807) is 25.2 Å². The highest BCUT2D eigenvalue weighted by Crippen LogP contribution is 2.31. The van der Waals surface area contributed by atoms with Gasteiger partial charge in [0.25, 0.3) is 5.91 Å². The second-order valence-corrected chi connectivity index (χ2v) is 8.35. The molecule has 0 saturated heterocycles. The van der Waals surface area contributed by atoms with Crippen LogP contribution in [0.25, 0.3) is 22.2 Å². The van der Waals surface area contributed by atoms with Crippen LogP contribution < -0.4 is 5.32 Å². The Hall–Kier alpha value is -4.45. The number of carbonyl (C=O) groups excluding carboxylic acids is 1. The first kappa shape index (κ1) is 21.4. The zero-order valence-corrected chi connectivity index (χ0v) is 19.1. The molecule has 0 aliphatic heterocycles. The van der Waals surface area contributed by atoms with Crippen molar-refractivity contribution in [2.24, 2.45) is 0 Å². The second-order valence-electron chi connectivity index (χ2n) is 8.35. The van der Waals surface area contributed by atoms with E-state index in [-0.39, 0.29) is 5.91 Å². The monoisotopic (exact) mass is 447 g/mol. The number of amides is 1. The van der Waals surface area contributed by atoms with E-state index in [0.717, 1.165) is 33.8 Å². The number of hydrogen-bond acceptors (Lipinski definition) is 4. The number of aromatic nitrogens is 3. The van der Waals surface area contributed by atoms with Crippen LogP contribution in [0.4, 0.5) is 11.6 Å². The summed E-state index contributed by atoms with van der Waals surface area (Å²) in [5, 5.41) is 4.34. The smallest absolute Gasteiger partial charge is 0.253 e. The quantitative estimate of drug-likeness (QED) is 0.368. The molecule has 0 atom stereocenters. The summed E-state index contributed by atoms with van der Waals surface area (Å²) in [5.74, 6) is 1.47. The molecule has 0 spiro atoms. The number of rotatable bonds is 6. The Morgan fingerprint density at radius 3 is 2.35 bits per heavy atom. The molecule has 6 heteroatoms. The average Bonchev–Trinajstić information content (AvgIpc) is 3.22. The van der Waals surface area contributed by atoms with E-state index >= 15 is 0 Å². The minimum Gasteiger partial charge on any atom is -0.345 e. The molecule has 2 aromatic carbocycles. The van der Waals surface area contributed by atoms with Crippen molar-refractivity contribution in [2.45, 2.75) is 6.54 Å². The Morgan fingerprint density at radius 1 is 0.882 bits per heavy atom. The van der Waals surface area contributed by atoms with Gasteiger partial charge < -0.3 is 14.8 Å². The third-order valence-electron chi connectivity index (χ3n) is 5.72. The summed E-state index contributed by atoms with van der Waals surface area (Å²) in [5.41, 5.74) is 5.06. The molecule has 3 heterocycles. The lowest BCUT2D eigenvalue weighted by Crippen LogP contribution is -2.21. The van der Waals surface area contributed by atoms with E-state index in [4.69, 9.17) is 0 Å². The molecule has 5 rings (SSSR count). The number of fused-ring (bicyclic) bond motifs is 1. The van der Waals surface area contributed by atoms with Crippen molar-refractivity contribution in [3.8, 4) is 11.3 Å². The van der Waals surface area contributed by atoms with E-state index in [2.05, 4.69) is 56.3 Å². The summed E-state index contributed by atoms with van der Waals surface area (Å²) < 4.78 is 2.29. The van der Waals surface area contributed by atoms with Gasteiger partial charge >= 0.3 is 0 Å². The van der Waals surface area contributed by atoms with Crippen LogP contribution in [0.5, 0.6) is 0 Å². The number of pyridine rings is 2. The van der Waals surface area contributed by atoms with Gasteiger partial charge in [-0.2, -0.15) is 0 Å². The highest BCUT2D eigenvalue weighted by Gasteiger charge is 2.14. The van der Waals surface area contributed by atoms with E-state index < -0.39 is 0 Å². The van der Waals surface area contributed by atoms with Crippen LogP contribution in [0.15, 0.2) is 97.3 Å². The predicted molar refractivity (Wildman–Crippen MR) is 136 cm³/mol. The summed E-state index contributed by atoms with van der Waals surface area (Å²) in [6, 6.07) is 28.1. The van der Waals surface area contributed by atoms with Gasteiger partial charge in [0, 0.05) is 55.7 Å². The molecular weight excluding hydrogens is 422 g/mol. The third-order valence-corrected chi connectivity index (χ3v) is 5.72. The number of nitrogens with zero attached hydrogens (tertiary/aromatic N) is 4. The Kier molecular flexibility index (Phi) is 5.79. The third kappa shape index (κ3) is 4.38. The number of nitrogens with one attached hydrogen (secondary N) is 1. The maximum absolute atomic E-state index is 12.3. The SMILES string of the molecule is CN(C)C(=O)c1ccc(-c2cc3cnc(Nc4ccccn4)cc3n2Cc2ccccc2)cc1. The van der Waals surface area contributed by atoms with Crippen LogP contribution in [-0.4, -0.2) is 39.4 Å². The van der Waals surface area contributed by atoms with Crippen molar-refractivity contribution >= 4 is 28.4 Å². The molecule has 0 unspecified atom stereocenters. The highest BCUT2D eigenvalue weighted by molar-refractivity contribution is 5.95. The first-order valence-electron chi connectivity index (χ1n) is 11.1. The number of hydrogen-bond donors (Lipinski definition) is 1. The Labute approximate surface area is 198 Å². The van der Waals surface area contributed by atoms with Crippen molar-refractivity contribution < 1.29 is 4.79 Å².